The zero-order chi connectivity index (χ0) is 20.0. The van der Waals surface area contributed by atoms with Gasteiger partial charge >= 0.3 is 0 Å². The number of hydrogen-bond acceptors (Lipinski definition) is 3. The number of aryl methyl sites for hydroxylation is 2. The molecule has 0 aliphatic carbocycles. The van der Waals surface area contributed by atoms with Gasteiger partial charge in [-0.1, -0.05) is 38.1 Å². The van der Waals surface area contributed by atoms with E-state index in [0.29, 0.717) is 13.1 Å². The molecular formula is C21H26N2O3S. The van der Waals surface area contributed by atoms with Gasteiger partial charge in [0.15, 0.2) is 0 Å². The van der Waals surface area contributed by atoms with E-state index in [2.05, 4.69) is 5.32 Å². The molecule has 144 valence electrons. The summed E-state index contributed by atoms with van der Waals surface area (Å²) in [5, 5.41) is 2.86. The molecule has 0 aromatic heterocycles. The third kappa shape index (κ3) is 5.28. The fourth-order valence-corrected chi connectivity index (χ4v) is 4.14. The smallest absolute Gasteiger partial charge is 0.248 e. The van der Waals surface area contributed by atoms with E-state index in [-0.39, 0.29) is 10.8 Å². The van der Waals surface area contributed by atoms with Crippen LogP contribution in [0.15, 0.2) is 53.4 Å². The molecule has 0 unspecified atom stereocenters. The summed E-state index contributed by atoms with van der Waals surface area (Å²) < 4.78 is 26.4. The summed E-state index contributed by atoms with van der Waals surface area (Å²) in [4.78, 5) is 12.4. The molecule has 0 saturated carbocycles. The molecule has 0 aliphatic heterocycles. The Bertz CT molecular complexity index is 928. The molecule has 2 aromatic carbocycles. The van der Waals surface area contributed by atoms with Crippen LogP contribution in [0.2, 0.25) is 0 Å². The van der Waals surface area contributed by atoms with E-state index in [1.54, 1.807) is 30.3 Å². The van der Waals surface area contributed by atoms with Crippen LogP contribution in [0.25, 0.3) is 6.08 Å². The molecule has 2 aromatic rings. The van der Waals surface area contributed by atoms with Crippen molar-refractivity contribution in [1.82, 2.24) is 4.31 Å². The molecule has 0 radical (unpaired) electrons. The van der Waals surface area contributed by atoms with Crippen molar-refractivity contribution >= 4 is 27.7 Å². The van der Waals surface area contributed by atoms with Crippen molar-refractivity contribution in [2.75, 3.05) is 18.4 Å². The highest BCUT2D eigenvalue weighted by atomic mass is 32.2. The van der Waals surface area contributed by atoms with Crippen LogP contribution in [0.5, 0.6) is 0 Å². The minimum Gasteiger partial charge on any atom is -0.322 e. The maximum atomic E-state index is 12.5. The van der Waals surface area contributed by atoms with Crippen molar-refractivity contribution in [1.29, 1.82) is 0 Å². The number of sulfonamides is 1. The fraction of sp³-hybridized carbons (Fsp3) is 0.286. The van der Waals surface area contributed by atoms with Gasteiger partial charge in [0.2, 0.25) is 15.9 Å². The predicted molar refractivity (Wildman–Crippen MR) is 110 cm³/mol. The number of benzene rings is 2. The molecular weight excluding hydrogens is 360 g/mol. The molecule has 2 rings (SSSR count). The Hall–Kier alpha value is -2.44. The summed E-state index contributed by atoms with van der Waals surface area (Å²) in [5.41, 5.74) is 3.60. The minimum absolute atomic E-state index is 0.233. The quantitative estimate of drug-likeness (QED) is 0.732. The second kappa shape index (κ2) is 8.97. The first kappa shape index (κ1) is 20.9. The molecule has 0 bridgehead atoms. The van der Waals surface area contributed by atoms with E-state index in [1.807, 2.05) is 45.9 Å². The normalized spacial score (nSPS) is 11.9. The maximum Gasteiger partial charge on any atom is 0.248 e. The lowest BCUT2D eigenvalue weighted by Crippen LogP contribution is -2.30. The van der Waals surface area contributed by atoms with Crippen LogP contribution in [0.3, 0.4) is 0 Å². The third-order valence-corrected chi connectivity index (χ3v) is 6.37. The van der Waals surface area contributed by atoms with Crippen LogP contribution in [0.4, 0.5) is 5.69 Å². The van der Waals surface area contributed by atoms with Gasteiger partial charge in [-0.05, 0) is 54.8 Å². The molecule has 27 heavy (non-hydrogen) atoms. The van der Waals surface area contributed by atoms with Crippen molar-refractivity contribution in [3.05, 3.63) is 65.2 Å². The van der Waals surface area contributed by atoms with Crippen LogP contribution in [0.1, 0.15) is 30.5 Å². The number of anilines is 1. The molecule has 5 nitrogen and oxygen atoms in total. The van der Waals surface area contributed by atoms with Gasteiger partial charge in [-0.3, -0.25) is 4.79 Å². The first-order valence-corrected chi connectivity index (χ1v) is 10.4. The second-order valence-corrected chi connectivity index (χ2v) is 8.24. The lowest BCUT2D eigenvalue weighted by molar-refractivity contribution is -0.111. The maximum absolute atomic E-state index is 12.5. The van der Waals surface area contributed by atoms with Crippen LogP contribution in [-0.4, -0.2) is 31.7 Å². The Morgan fingerprint density at radius 3 is 2.26 bits per heavy atom. The average molecular weight is 387 g/mol. The zero-order valence-corrected chi connectivity index (χ0v) is 17.0. The Morgan fingerprint density at radius 1 is 1.04 bits per heavy atom. The summed E-state index contributed by atoms with van der Waals surface area (Å²) in [6.07, 6.45) is 3.10. The first-order chi connectivity index (χ1) is 12.8. The number of carbonyl (C=O) groups is 1. The lowest BCUT2D eigenvalue weighted by Gasteiger charge is -2.18. The standard InChI is InChI=1S/C21H26N2O3S/c1-5-23(6-2)27(25,26)19-12-9-18(10-13-19)11-14-21(24)22-20-15-16(3)7-8-17(20)4/h7-15H,5-6H2,1-4H3,(H,22,24)/b14-11+. The van der Waals surface area contributed by atoms with Crippen molar-refractivity contribution in [2.24, 2.45) is 0 Å². The van der Waals surface area contributed by atoms with Gasteiger partial charge in [0.05, 0.1) is 4.90 Å². The van der Waals surface area contributed by atoms with Gasteiger partial charge in [0, 0.05) is 24.9 Å². The molecule has 6 heteroatoms. The largest absolute Gasteiger partial charge is 0.322 e. The molecule has 0 aliphatic rings. The van der Waals surface area contributed by atoms with E-state index in [1.165, 1.54) is 10.4 Å². The highest BCUT2D eigenvalue weighted by molar-refractivity contribution is 7.89. The zero-order valence-electron chi connectivity index (χ0n) is 16.2. The van der Waals surface area contributed by atoms with Gasteiger partial charge < -0.3 is 5.32 Å². The number of rotatable bonds is 7. The predicted octanol–water partition coefficient (Wildman–Crippen LogP) is 3.99. The Kier molecular flexibility index (Phi) is 6.93. The second-order valence-electron chi connectivity index (χ2n) is 6.30. The van der Waals surface area contributed by atoms with Gasteiger partial charge in [0.25, 0.3) is 0 Å². The lowest BCUT2D eigenvalue weighted by atomic mass is 10.1. The summed E-state index contributed by atoms with van der Waals surface area (Å²) in [6, 6.07) is 12.4. The highest BCUT2D eigenvalue weighted by Gasteiger charge is 2.20. The van der Waals surface area contributed by atoms with E-state index in [4.69, 9.17) is 0 Å². The number of hydrogen-bond donors (Lipinski definition) is 1. The summed E-state index contributed by atoms with van der Waals surface area (Å²) in [6.45, 7) is 8.39. The summed E-state index contributed by atoms with van der Waals surface area (Å²) in [7, 11) is -3.47. The molecule has 0 heterocycles. The van der Waals surface area contributed by atoms with Crippen molar-refractivity contribution in [3.63, 3.8) is 0 Å². The minimum atomic E-state index is -3.47. The fourth-order valence-electron chi connectivity index (χ4n) is 2.68. The van der Waals surface area contributed by atoms with E-state index >= 15 is 0 Å². The van der Waals surface area contributed by atoms with Crippen molar-refractivity contribution in [2.45, 2.75) is 32.6 Å². The Labute approximate surface area is 161 Å². The van der Waals surface area contributed by atoms with Crippen LogP contribution < -0.4 is 5.32 Å². The molecule has 0 spiro atoms. The van der Waals surface area contributed by atoms with Gasteiger partial charge in [-0.2, -0.15) is 4.31 Å². The van der Waals surface area contributed by atoms with Gasteiger partial charge in [-0.25, -0.2) is 8.42 Å². The van der Waals surface area contributed by atoms with Crippen molar-refractivity contribution in [3.8, 4) is 0 Å². The van der Waals surface area contributed by atoms with Crippen LogP contribution in [-0.2, 0) is 14.8 Å². The Morgan fingerprint density at radius 2 is 1.67 bits per heavy atom. The van der Waals surface area contributed by atoms with Gasteiger partial charge in [-0.15, -0.1) is 0 Å². The monoisotopic (exact) mass is 386 g/mol. The summed E-state index contributed by atoms with van der Waals surface area (Å²) >= 11 is 0. The van der Waals surface area contributed by atoms with E-state index in [9.17, 15) is 13.2 Å². The van der Waals surface area contributed by atoms with Crippen molar-refractivity contribution < 1.29 is 13.2 Å². The van der Waals surface area contributed by atoms with E-state index < -0.39 is 10.0 Å². The first-order valence-electron chi connectivity index (χ1n) is 8.94. The Balaban J connectivity index is 2.09. The number of nitrogens with one attached hydrogen (secondary N) is 1. The molecule has 0 atom stereocenters. The third-order valence-electron chi connectivity index (χ3n) is 4.30. The molecule has 1 amide bonds. The molecule has 0 saturated heterocycles. The topological polar surface area (TPSA) is 66.5 Å². The van der Waals surface area contributed by atoms with Crippen LogP contribution in [0, 0.1) is 13.8 Å². The summed E-state index contributed by atoms with van der Waals surface area (Å²) in [5.74, 6) is -0.233. The average Bonchev–Trinajstić information content (AvgIpc) is 2.64. The van der Waals surface area contributed by atoms with Crippen LogP contribution >= 0.6 is 0 Å². The number of nitrogens with zero attached hydrogens (tertiary/aromatic N) is 1. The van der Waals surface area contributed by atoms with E-state index in [0.717, 1.165) is 22.4 Å². The number of amides is 1. The number of carbonyl (C=O) groups excluding carboxylic acids is 1. The highest BCUT2D eigenvalue weighted by Crippen LogP contribution is 2.18. The molecule has 1 N–H and O–H groups in total. The molecule has 0 fully saturated rings. The SMILES string of the molecule is CCN(CC)S(=O)(=O)c1ccc(/C=C/C(=O)Nc2cc(C)ccc2C)cc1. The van der Waals surface area contributed by atoms with Gasteiger partial charge in [0.1, 0.15) is 0 Å².